The molecule has 0 aliphatic carbocycles. The molecule has 122 valence electrons. The Kier molecular flexibility index (Phi) is 4.57. The van der Waals surface area contributed by atoms with Gasteiger partial charge in [0.1, 0.15) is 5.76 Å². The lowest BCUT2D eigenvalue weighted by atomic mass is 10.0. The van der Waals surface area contributed by atoms with Crippen LogP contribution in [0.3, 0.4) is 0 Å². The predicted octanol–water partition coefficient (Wildman–Crippen LogP) is 1.14. The number of hydrogen-bond acceptors (Lipinski definition) is 6. The number of hydrogen-bond donors (Lipinski definition) is 1. The van der Waals surface area contributed by atoms with E-state index in [1.165, 1.54) is 0 Å². The summed E-state index contributed by atoms with van der Waals surface area (Å²) >= 11 is 0. The van der Waals surface area contributed by atoms with E-state index in [-0.39, 0.29) is 11.9 Å². The average molecular weight is 316 g/mol. The molecule has 0 saturated carbocycles. The Labute approximate surface area is 134 Å². The van der Waals surface area contributed by atoms with Crippen LogP contribution in [0.2, 0.25) is 0 Å². The van der Waals surface area contributed by atoms with Crippen LogP contribution in [-0.2, 0) is 24.3 Å². The van der Waals surface area contributed by atoms with Crippen molar-refractivity contribution in [3.63, 3.8) is 0 Å². The van der Waals surface area contributed by atoms with Gasteiger partial charge in [0, 0.05) is 25.6 Å². The molecule has 7 nitrogen and oxygen atoms in total. The lowest BCUT2D eigenvalue weighted by molar-refractivity contribution is -0.126. The monoisotopic (exact) mass is 316 g/mol. The van der Waals surface area contributed by atoms with Gasteiger partial charge in [0.05, 0.1) is 31.7 Å². The molecule has 3 heterocycles. The largest absolute Gasteiger partial charge is 0.480 e. The van der Waals surface area contributed by atoms with Gasteiger partial charge in [-0.05, 0) is 24.6 Å². The number of furan rings is 1. The van der Waals surface area contributed by atoms with Crippen LogP contribution < -0.4 is 10.1 Å². The molecule has 2 aromatic rings. The summed E-state index contributed by atoms with van der Waals surface area (Å²) in [5.41, 5.74) is 2.04. The molecule has 23 heavy (non-hydrogen) atoms. The molecule has 0 unspecified atom stereocenters. The molecule has 7 heteroatoms. The van der Waals surface area contributed by atoms with Crippen LogP contribution in [0.1, 0.15) is 23.9 Å². The van der Waals surface area contributed by atoms with Gasteiger partial charge in [-0.25, -0.2) is 0 Å². The molecule has 0 radical (unpaired) electrons. The zero-order valence-corrected chi connectivity index (χ0v) is 13.3. The van der Waals surface area contributed by atoms with E-state index in [2.05, 4.69) is 20.4 Å². The fourth-order valence-electron chi connectivity index (χ4n) is 2.66. The highest BCUT2D eigenvalue weighted by atomic mass is 16.5. The molecule has 0 saturated heterocycles. The van der Waals surface area contributed by atoms with Crippen molar-refractivity contribution in [2.75, 3.05) is 13.7 Å². The summed E-state index contributed by atoms with van der Waals surface area (Å²) in [4.78, 5) is 14.5. The summed E-state index contributed by atoms with van der Waals surface area (Å²) in [6.45, 7) is 3.76. The van der Waals surface area contributed by atoms with Crippen molar-refractivity contribution >= 4 is 5.91 Å². The minimum absolute atomic E-state index is 0.0150. The highest BCUT2D eigenvalue weighted by Crippen LogP contribution is 2.21. The van der Waals surface area contributed by atoms with E-state index >= 15 is 0 Å². The zero-order chi connectivity index (χ0) is 16.2. The number of methoxy groups -OCH3 is 1. The van der Waals surface area contributed by atoms with Gasteiger partial charge >= 0.3 is 0 Å². The number of amides is 1. The molecule has 0 bridgehead atoms. The van der Waals surface area contributed by atoms with Crippen LogP contribution >= 0.6 is 0 Å². The van der Waals surface area contributed by atoms with E-state index in [9.17, 15) is 4.79 Å². The smallest absolute Gasteiger partial charge is 0.237 e. The van der Waals surface area contributed by atoms with E-state index in [0.717, 1.165) is 30.0 Å². The maximum atomic E-state index is 12.3. The van der Waals surface area contributed by atoms with Gasteiger partial charge in [-0.15, -0.1) is 5.10 Å². The number of fused-ring (bicyclic) bond motifs is 1. The Balaban J connectivity index is 1.61. The lowest BCUT2D eigenvalue weighted by Gasteiger charge is -2.32. The standard InChI is InChI=1S/C16H20N4O3/c1-11(16(21)17-9-13-4-3-7-23-13)20-6-5-14-12(10-20)8-15(22-2)19-18-14/h3-4,7-8,11H,5-6,9-10H2,1-2H3,(H,17,21)/t11-/m0/s1. The molecule has 1 amide bonds. The molecule has 1 aliphatic heterocycles. The van der Waals surface area contributed by atoms with Crippen LogP contribution in [0.15, 0.2) is 28.9 Å². The number of carbonyl (C=O) groups excluding carboxylic acids is 1. The molecular weight excluding hydrogens is 296 g/mol. The first-order valence-corrected chi connectivity index (χ1v) is 7.61. The first-order chi connectivity index (χ1) is 11.2. The molecule has 1 N–H and O–H groups in total. The fourth-order valence-corrected chi connectivity index (χ4v) is 2.66. The van der Waals surface area contributed by atoms with Crippen molar-refractivity contribution in [2.45, 2.75) is 32.5 Å². The summed E-state index contributed by atoms with van der Waals surface area (Å²) in [5.74, 6) is 1.23. The number of rotatable bonds is 5. The fraction of sp³-hybridized carbons (Fsp3) is 0.438. The van der Waals surface area contributed by atoms with Gasteiger partial charge in [-0.3, -0.25) is 9.69 Å². The SMILES string of the molecule is COc1cc2c(nn1)CCN([C@@H](C)C(=O)NCc1ccco1)C2. The number of aromatic nitrogens is 2. The van der Waals surface area contributed by atoms with Gasteiger partial charge in [0.25, 0.3) is 0 Å². The zero-order valence-electron chi connectivity index (χ0n) is 13.3. The molecular formula is C16H20N4O3. The number of ether oxygens (including phenoxy) is 1. The van der Waals surface area contributed by atoms with Crippen molar-refractivity contribution in [1.29, 1.82) is 0 Å². The summed E-state index contributed by atoms with van der Waals surface area (Å²) in [7, 11) is 1.57. The molecule has 3 rings (SSSR count). The van der Waals surface area contributed by atoms with Crippen molar-refractivity contribution in [2.24, 2.45) is 0 Å². The second-order valence-corrected chi connectivity index (χ2v) is 5.55. The summed E-state index contributed by atoms with van der Waals surface area (Å²) in [6.07, 6.45) is 2.38. The minimum Gasteiger partial charge on any atom is -0.480 e. The third kappa shape index (κ3) is 3.50. The van der Waals surface area contributed by atoms with E-state index < -0.39 is 0 Å². The van der Waals surface area contributed by atoms with Crippen LogP contribution in [0.5, 0.6) is 5.88 Å². The topological polar surface area (TPSA) is 80.5 Å². The molecule has 0 fully saturated rings. The number of nitrogens with zero attached hydrogens (tertiary/aromatic N) is 3. The minimum atomic E-state index is -0.225. The van der Waals surface area contributed by atoms with Gasteiger partial charge in [0.15, 0.2) is 0 Å². The van der Waals surface area contributed by atoms with Crippen LogP contribution in [-0.4, -0.2) is 40.7 Å². The second-order valence-electron chi connectivity index (χ2n) is 5.55. The van der Waals surface area contributed by atoms with Gasteiger partial charge in [0.2, 0.25) is 11.8 Å². The molecule has 0 spiro atoms. The Bertz CT molecular complexity index is 672. The molecule has 1 atom stereocenters. The highest BCUT2D eigenvalue weighted by Gasteiger charge is 2.26. The van der Waals surface area contributed by atoms with Crippen LogP contribution in [0.25, 0.3) is 0 Å². The summed E-state index contributed by atoms with van der Waals surface area (Å²) in [5, 5.41) is 11.1. The Hall–Kier alpha value is -2.41. The normalized spacial score (nSPS) is 15.7. The van der Waals surface area contributed by atoms with Crippen LogP contribution in [0, 0.1) is 0 Å². The number of nitrogens with one attached hydrogen (secondary N) is 1. The third-order valence-electron chi connectivity index (χ3n) is 4.10. The van der Waals surface area contributed by atoms with Crippen molar-refractivity contribution in [1.82, 2.24) is 20.4 Å². The maximum Gasteiger partial charge on any atom is 0.237 e. The molecule has 0 aromatic carbocycles. The van der Waals surface area contributed by atoms with Crippen molar-refractivity contribution in [3.8, 4) is 5.88 Å². The van der Waals surface area contributed by atoms with Gasteiger partial charge in [-0.1, -0.05) is 0 Å². The van der Waals surface area contributed by atoms with E-state index in [0.29, 0.717) is 19.0 Å². The average Bonchev–Trinajstić information content (AvgIpc) is 3.11. The van der Waals surface area contributed by atoms with Gasteiger partial charge < -0.3 is 14.5 Å². The molecule has 1 aliphatic rings. The van der Waals surface area contributed by atoms with Gasteiger partial charge in [-0.2, -0.15) is 5.10 Å². The van der Waals surface area contributed by atoms with E-state index in [1.807, 2.05) is 19.1 Å². The Morgan fingerprint density at radius 2 is 2.39 bits per heavy atom. The molecule has 2 aromatic heterocycles. The summed E-state index contributed by atoms with van der Waals surface area (Å²) < 4.78 is 10.3. The van der Waals surface area contributed by atoms with Crippen molar-refractivity contribution < 1.29 is 13.9 Å². The third-order valence-corrected chi connectivity index (χ3v) is 4.10. The van der Waals surface area contributed by atoms with Crippen molar-refractivity contribution in [3.05, 3.63) is 41.5 Å². The lowest BCUT2D eigenvalue weighted by Crippen LogP contribution is -2.47. The first-order valence-electron chi connectivity index (χ1n) is 7.61. The number of carbonyl (C=O) groups is 1. The Morgan fingerprint density at radius 3 is 3.13 bits per heavy atom. The van der Waals surface area contributed by atoms with Crippen LogP contribution in [0.4, 0.5) is 0 Å². The second kappa shape index (κ2) is 6.78. The van der Waals surface area contributed by atoms with E-state index in [1.54, 1.807) is 19.4 Å². The first kappa shape index (κ1) is 15.5. The highest BCUT2D eigenvalue weighted by molar-refractivity contribution is 5.81. The Morgan fingerprint density at radius 1 is 1.52 bits per heavy atom. The predicted molar refractivity (Wildman–Crippen MR) is 82.7 cm³/mol. The summed E-state index contributed by atoms with van der Waals surface area (Å²) in [6, 6.07) is 5.31. The quantitative estimate of drug-likeness (QED) is 0.891. The maximum absolute atomic E-state index is 12.3. The van der Waals surface area contributed by atoms with E-state index in [4.69, 9.17) is 9.15 Å².